The molecule has 4 nitrogen and oxygen atoms in total. The molecule has 1 heterocycles. The van der Waals surface area contributed by atoms with Crippen molar-refractivity contribution >= 4 is 28.9 Å². The highest BCUT2D eigenvalue weighted by Crippen LogP contribution is 2.23. The van der Waals surface area contributed by atoms with Gasteiger partial charge in [0, 0.05) is 5.02 Å². The lowest BCUT2D eigenvalue weighted by Crippen LogP contribution is -2.42. The van der Waals surface area contributed by atoms with Gasteiger partial charge >= 0.3 is 0 Å². The first kappa shape index (κ1) is 16.1. The zero-order chi connectivity index (χ0) is 15.4. The van der Waals surface area contributed by atoms with Crippen molar-refractivity contribution < 1.29 is 4.79 Å². The summed E-state index contributed by atoms with van der Waals surface area (Å²) in [6, 6.07) is 4.97. The standard InChI is InChI=1S/C16H24ClN3O/c1-11-4-3-8-20(9-7-11)12(2)16(21)19-15-6-5-13(17)10-14(15)18/h5-6,10-12H,3-4,7-9,18H2,1-2H3,(H,19,21). The lowest BCUT2D eigenvalue weighted by Gasteiger charge is -2.26. The Bertz CT molecular complexity index is 506. The van der Waals surface area contributed by atoms with E-state index in [1.54, 1.807) is 18.2 Å². The highest BCUT2D eigenvalue weighted by atomic mass is 35.5. The quantitative estimate of drug-likeness (QED) is 0.842. The Morgan fingerprint density at radius 2 is 2.19 bits per heavy atom. The third-order valence-corrected chi connectivity index (χ3v) is 4.49. The van der Waals surface area contributed by atoms with Gasteiger partial charge in [0.2, 0.25) is 5.91 Å². The molecule has 1 amide bonds. The van der Waals surface area contributed by atoms with E-state index in [1.165, 1.54) is 6.42 Å². The van der Waals surface area contributed by atoms with Crippen LogP contribution in [0.5, 0.6) is 0 Å². The van der Waals surface area contributed by atoms with Crippen LogP contribution in [0.3, 0.4) is 0 Å². The van der Waals surface area contributed by atoms with Crippen molar-refractivity contribution in [2.24, 2.45) is 5.92 Å². The van der Waals surface area contributed by atoms with Crippen LogP contribution in [0, 0.1) is 5.92 Å². The van der Waals surface area contributed by atoms with Crippen LogP contribution in [0.2, 0.25) is 5.02 Å². The van der Waals surface area contributed by atoms with Crippen LogP contribution in [0.1, 0.15) is 33.1 Å². The fourth-order valence-electron chi connectivity index (χ4n) is 2.72. The van der Waals surface area contributed by atoms with E-state index in [0.717, 1.165) is 31.8 Å². The maximum absolute atomic E-state index is 12.4. The Morgan fingerprint density at radius 3 is 2.90 bits per heavy atom. The average Bonchev–Trinajstić information content (AvgIpc) is 2.66. The Labute approximate surface area is 131 Å². The minimum atomic E-state index is -0.148. The molecule has 2 unspecified atom stereocenters. The van der Waals surface area contributed by atoms with Gasteiger partial charge in [-0.15, -0.1) is 0 Å². The van der Waals surface area contributed by atoms with Crippen molar-refractivity contribution in [3.05, 3.63) is 23.2 Å². The Kier molecular flexibility index (Phi) is 5.48. The van der Waals surface area contributed by atoms with Crippen molar-refractivity contribution in [1.29, 1.82) is 0 Å². The van der Waals surface area contributed by atoms with Gasteiger partial charge in [-0.3, -0.25) is 9.69 Å². The van der Waals surface area contributed by atoms with Gasteiger partial charge in [0.1, 0.15) is 0 Å². The number of hydrogen-bond acceptors (Lipinski definition) is 3. The molecule has 2 atom stereocenters. The molecule has 2 rings (SSSR count). The zero-order valence-corrected chi connectivity index (χ0v) is 13.5. The van der Waals surface area contributed by atoms with Crippen LogP contribution < -0.4 is 11.1 Å². The number of halogens is 1. The molecular formula is C16H24ClN3O. The number of rotatable bonds is 3. The number of nitrogen functional groups attached to an aromatic ring is 1. The summed E-state index contributed by atoms with van der Waals surface area (Å²) in [5.74, 6) is 0.732. The molecule has 1 aliphatic heterocycles. The minimum absolute atomic E-state index is 0.0152. The van der Waals surface area contributed by atoms with Crippen molar-refractivity contribution in [2.45, 2.75) is 39.2 Å². The summed E-state index contributed by atoms with van der Waals surface area (Å²) in [4.78, 5) is 14.7. The summed E-state index contributed by atoms with van der Waals surface area (Å²) in [7, 11) is 0. The van der Waals surface area contributed by atoms with Gasteiger partial charge < -0.3 is 11.1 Å². The van der Waals surface area contributed by atoms with E-state index in [0.29, 0.717) is 16.4 Å². The van der Waals surface area contributed by atoms with Crippen LogP contribution in [0.25, 0.3) is 0 Å². The number of carbonyl (C=O) groups excluding carboxylic acids is 1. The lowest BCUT2D eigenvalue weighted by atomic mass is 10.0. The summed E-state index contributed by atoms with van der Waals surface area (Å²) in [6.07, 6.45) is 3.55. The molecule has 21 heavy (non-hydrogen) atoms. The summed E-state index contributed by atoms with van der Waals surface area (Å²) >= 11 is 5.87. The van der Waals surface area contributed by atoms with Gasteiger partial charge in [0.05, 0.1) is 17.4 Å². The van der Waals surface area contributed by atoms with E-state index in [9.17, 15) is 4.79 Å². The number of likely N-dealkylation sites (tertiary alicyclic amines) is 1. The molecule has 0 aliphatic carbocycles. The van der Waals surface area contributed by atoms with Crippen LogP contribution in [0.4, 0.5) is 11.4 Å². The van der Waals surface area contributed by atoms with Gasteiger partial charge in [-0.2, -0.15) is 0 Å². The topological polar surface area (TPSA) is 58.4 Å². The second kappa shape index (κ2) is 7.14. The van der Waals surface area contributed by atoms with Crippen molar-refractivity contribution in [2.75, 3.05) is 24.1 Å². The Hall–Kier alpha value is -1.26. The smallest absolute Gasteiger partial charge is 0.241 e. The van der Waals surface area contributed by atoms with Crippen molar-refractivity contribution in [1.82, 2.24) is 4.90 Å². The van der Waals surface area contributed by atoms with E-state index >= 15 is 0 Å². The van der Waals surface area contributed by atoms with Gasteiger partial charge in [0.15, 0.2) is 0 Å². The van der Waals surface area contributed by atoms with Crippen LogP contribution in [0.15, 0.2) is 18.2 Å². The summed E-state index contributed by atoms with van der Waals surface area (Å²) in [5.41, 5.74) is 7.00. The van der Waals surface area contributed by atoms with Crippen molar-refractivity contribution in [3.63, 3.8) is 0 Å². The normalized spacial score (nSPS) is 21.6. The first-order valence-electron chi connectivity index (χ1n) is 7.57. The molecule has 1 aromatic carbocycles. The summed E-state index contributed by atoms with van der Waals surface area (Å²) < 4.78 is 0. The largest absolute Gasteiger partial charge is 0.397 e. The third kappa shape index (κ3) is 4.35. The minimum Gasteiger partial charge on any atom is -0.397 e. The number of nitrogens with one attached hydrogen (secondary N) is 1. The van der Waals surface area contributed by atoms with E-state index < -0.39 is 0 Å². The predicted molar refractivity (Wildman–Crippen MR) is 88.5 cm³/mol. The molecule has 1 aromatic rings. The zero-order valence-electron chi connectivity index (χ0n) is 12.7. The molecule has 3 N–H and O–H groups in total. The second-order valence-electron chi connectivity index (χ2n) is 5.97. The number of carbonyl (C=O) groups is 1. The van der Waals surface area contributed by atoms with E-state index in [-0.39, 0.29) is 11.9 Å². The summed E-state index contributed by atoms with van der Waals surface area (Å²) in [6.45, 7) is 6.20. The SMILES string of the molecule is CC1CCCN(C(C)C(=O)Nc2ccc(Cl)cc2N)CC1. The molecule has 0 spiro atoms. The van der Waals surface area contributed by atoms with Crippen LogP contribution in [-0.2, 0) is 4.79 Å². The average molecular weight is 310 g/mol. The van der Waals surface area contributed by atoms with Crippen LogP contribution >= 0.6 is 11.6 Å². The summed E-state index contributed by atoms with van der Waals surface area (Å²) in [5, 5.41) is 3.47. The lowest BCUT2D eigenvalue weighted by molar-refractivity contribution is -0.120. The van der Waals surface area contributed by atoms with Gasteiger partial charge in [-0.05, 0) is 63.4 Å². The number of anilines is 2. The van der Waals surface area contributed by atoms with Gasteiger partial charge in [-0.25, -0.2) is 0 Å². The second-order valence-corrected chi connectivity index (χ2v) is 6.41. The maximum atomic E-state index is 12.4. The van der Waals surface area contributed by atoms with E-state index in [2.05, 4.69) is 17.1 Å². The highest BCUT2D eigenvalue weighted by Gasteiger charge is 2.24. The molecule has 5 heteroatoms. The third-order valence-electron chi connectivity index (χ3n) is 4.25. The first-order chi connectivity index (χ1) is 9.97. The molecule has 1 fully saturated rings. The fraction of sp³-hybridized carbons (Fsp3) is 0.562. The molecular weight excluding hydrogens is 286 g/mol. The molecule has 1 saturated heterocycles. The van der Waals surface area contributed by atoms with Gasteiger partial charge in [0.25, 0.3) is 0 Å². The van der Waals surface area contributed by atoms with Gasteiger partial charge in [-0.1, -0.05) is 18.5 Å². The number of hydrogen-bond donors (Lipinski definition) is 2. The number of nitrogens with zero attached hydrogens (tertiary/aromatic N) is 1. The molecule has 0 radical (unpaired) electrons. The fourth-order valence-corrected chi connectivity index (χ4v) is 2.90. The molecule has 0 aromatic heterocycles. The molecule has 0 saturated carbocycles. The molecule has 116 valence electrons. The predicted octanol–water partition coefficient (Wildman–Crippen LogP) is 3.37. The number of benzene rings is 1. The maximum Gasteiger partial charge on any atom is 0.241 e. The van der Waals surface area contributed by atoms with E-state index in [1.807, 2.05) is 6.92 Å². The monoisotopic (exact) mass is 309 g/mol. The first-order valence-corrected chi connectivity index (χ1v) is 7.95. The Morgan fingerprint density at radius 1 is 1.43 bits per heavy atom. The van der Waals surface area contributed by atoms with Crippen LogP contribution in [-0.4, -0.2) is 29.9 Å². The molecule has 1 aliphatic rings. The highest BCUT2D eigenvalue weighted by molar-refractivity contribution is 6.31. The van der Waals surface area contributed by atoms with E-state index in [4.69, 9.17) is 17.3 Å². The van der Waals surface area contributed by atoms with Crippen molar-refractivity contribution in [3.8, 4) is 0 Å². The Balaban J connectivity index is 1.98. The number of amides is 1. The molecule has 0 bridgehead atoms. The number of nitrogens with two attached hydrogens (primary N) is 1.